The Balaban J connectivity index is 1.62. The molecule has 1 aliphatic carbocycles. The van der Waals surface area contributed by atoms with E-state index in [0.717, 1.165) is 23.4 Å². The van der Waals surface area contributed by atoms with Crippen LogP contribution in [0.15, 0.2) is 89.3 Å². The summed E-state index contributed by atoms with van der Waals surface area (Å²) in [5.41, 5.74) is 2.99. The Kier molecular flexibility index (Phi) is 7.19. The van der Waals surface area contributed by atoms with Gasteiger partial charge in [-0.3, -0.25) is 9.59 Å². The molecule has 2 aliphatic rings. The number of hydrogen-bond acceptors (Lipinski definition) is 5. The van der Waals surface area contributed by atoms with Crippen molar-refractivity contribution in [2.24, 2.45) is 0 Å². The number of ketones is 1. The van der Waals surface area contributed by atoms with Gasteiger partial charge < -0.3 is 20.1 Å². The first-order valence-electron chi connectivity index (χ1n) is 12.6. The zero-order valence-corrected chi connectivity index (χ0v) is 21.8. The Labute approximate surface area is 225 Å². The fourth-order valence-corrected chi connectivity index (χ4v) is 5.46. The van der Waals surface area contributed by atoms with Gasteiger partial charge in [0, 0.05) is 34.9 Å². The van der Waals surface area contributed by atoms with E-state index in [-0.39, 0.29) is 23.7 Å². The van der Waals surface area contributed by atoms with Gasteiger partial charge in [0.05, 0.1) is 14.2 Å². The van der Waals surface area contributed by atoms with E-state index in [1.54, 1.807) is 25.1 Å². The van der Waals surface area contributed by atoms with Gasteiger partial charge in [-0.15, -0.1) is 0 Å². The number of anilines is 1. The minimum absolute atomic E-state index is 0.0216. The highest BCUT2D eigenvalue weighted by Gasteiger charge is 2.41. The van der Waals surface area contributed by atoms with E-state index in [1.807, 2.05) is 30.3 Å². The van der Waals surface area contributed by atoms with Crippen LogP contribution in [-0.4, -0.2) is 25.9 Å². The number of rotatable bonds is 6. The van der Waals surface area contributed by atoms with Crippen molar-refractivity contribution >= 4 is 17.4 Å². The normalized spacial score (nSPS) is 18.8. The topological polar surface area (TPSA) is 76.7 Å². The minimum Gasteiger partial charge on any atom is -0.493 e. The number of hydrogen-bond donors (Lipinski definition) is 2. The Morgan fingerprint density at radius 3 is 2.26 bits per heavy atom. The molecule has 6 nitrogen and oxygen atoms in total. The SMILES string of the molecule is COc1ccc([C@@H]2C(C(=O)Nc3c(F)cccc3F)=C(C)NC3=C2C(=O)C[C@H](c2ccccc2)C3)cc1OC. The van der Waals surface area contributed by atoms with Crippen molar-refractivity contribution in [2.75, 3.05) is 19.5 Å². The maximum atomic E-state index is 14.4. The number of amides is 1. The maximum absolute atomic E-state index is 14.4. The number of benzene rings is 3. The molecule has 0 radical (unpaired) electrons. The summed E-state index contributed by atoms with van der Waals surface area (Å²) < 4.78 is 39.7. The minimum atomic E-state index is -0.896. The average Bonchev–Trinajstić information content (AvgIpc) is 2.94. The molecule has 1 aliphatic heterocycles. The van der Waals surface area contributed by atoms with Crippen molar-refractivity contribution in [3.8, 4) is 11.5 Å². The second-order valence-corrected chi connectivity index (χ2v) is 9.59. The van der Waals surface area contributed by atoms with E-state index in [2.05, 4.69) is 10.6 Å². The highest BCUT2D eigenvalue weighted by molar-refractivity contribution is 6.10. The van der Waals surface area contributed by atoms with E-state index < -0.39 is 29.1 Å². The lowest BCUT2D eigenvalue weighted by molar-refractivity contribution is -0.116. The van der Waals surface area contributed by atoms with Crippen LogP contribution < -0.4 is 20.1 Å². The number of para-hydroxylation sites is 1. The van der Waals surface area contributed by atoms with E-state index in [4.69, 9.17) is 9.47 Å². The van der Waals surface area contributed by atoms with Gasteiger partial charge in [0.1, 0.15) is 17.3 Å². The molecule has 2 atom stereocenters. The summed E-state index contributed by atoms with van der Waals surface area (Å²) in [6.45, 7) is 1.72. The molecule has 5 rings (SSSR count). The van der Waals surface area contributed by atoms with Crippen molar-refractivity contribution in [2.45, 2.75) is 31.6 Å². The average molecular weight is 531 g/mol. The van der Waals surface area contributed by atoms with E-state index in [1.165, 1.54) is 20.3 Å². The highest BCUT2D eigenvalue weighted by atomic mass is 19.1. The quantitative estimate of drug-likeness (QED) is 0.410. The molecule has 1 amide bonds. The van der Waals surface area contributed by atoms with E-state index in [0.29, 0.717) is 34.8 Å². The first-order valence-corrected chi connectivity index (χ1v) is 12.6. The Bertz CT molecular complexity index is 1490. The molecule has 3 aromatic rings. The van der Waals surface area contributed by atoms with Crippen LogP contribution in [0.4, 0.5) is 14.5 Å². The second kappa shape index (κ2) is 10.7. The first kappa shape index (κ1) is 26.2. The third-order valence-electron chi connectivity index (χ3n) is 7.29. The molecule has 0 unspecified atom stereocenters. The monoisotopic (exact) mass is 530 g/mol. The molecule has 0 fully saturated rings. The van der Waals surface area contributed by atoms with Crippen LogP contribution in [0, 0.1) is 11.6 Å². The Morgan fingerprint density at radius 2 is 1.59 bits per heavy atom. The molecule has 2 N–H and O–H groups in total. The van der Waals surface area contributed by atoms with Crippen molar-refractivity contribution < 1.29 is 27.8 Å². The molecule has 0 saturated heterocycles. The van der Waals surface area contributed by atoms with Crippen molar-refractivity contribution in [3.63, 3.8) is 0 Å². The van der Waals surface area contributed by atoms with Gasteiger partial charge in [0.2, 0.25) is 0 Å². The Morgan fingerprint density at radius 1 is 0.897 bits per heavy atom. The van der Waals surface area contributed by atoms with Crippen LogP contribution in [0.5, 0.6) is 11.5 Å². The lowest BCUT2D eigenvalue weighted by Gasteiger charge is -2.37. The van der Waals surface area contributed by atoms with Crippen LogP contribution >= 0.6 is 0 Å². The number of ether oxygens (including phenoxy) is 2. The molecular formula is C31H28F2N2O4. The number of halogens is 2. The predicted molar refractivity (Wildman–Crippen MR) is 144 cm³/mol. The fourth-order valence-electron chi connectivity index (χ4n) is 5.46. The fraction of sp³-hybridized carbons (Fsp3) is 0.226. The number of methoxy groups -OCH3 is 2. The number of Topliss-reactive ketones (excluding diaryl/α,β-unsaturated/α-hetero) is 1. The molecule has 0 spiro atoms. The smallest absolute Gasteiger partial charge is 0.254 e. The van der Waals surface area contributed by atoms with Crippen LogP contribution in [0.3, 0.4) is 0 Å². The van der Waals surface area contributed by atoms with Gasteiger partial charge in [-0.1, -0.05) is 42.5 Å². The van der Waals surface area contributed by atoms with Crippen molar-refractivity contribution in [1.29, 1.82) is 0 Å². The van der Waals surface area contributed by atoms with Crippen LogP contribution in [-0.2, 0) is 9.59 Å². The van der Waals surface area contributed by atoms with Gasteiger partial charge in [-0.2, -0.15) is 0 Å². The molecule has 3 aromatic carbocycles. The lowest BCUT2D eigenvalue weighted by atomic mass is 9.71. The van der Waals surface area contributed by atoms with Crippen LogP contribution in [0.2, 0.25) is 0 Å². The summed E-state index contributed by atoms with van der Waals surface area (Å²) in [6, 6.07) is 18.4. The third kappa shape index (κ3) is 4.90. The molecular weight excluding hydrogens is 502 g/mol. The number of allylic oxidation sites excluding steroid dienone is 3. The van der Waals surface area contributed by atoms with Crippen molar-refractivity contribution in [1.82, 2.24) is 5.32 Å². The van der Waals surface area contributed by atoms with Crippen LogP contribution in [0.1, 0.15) is 42.7 Å². The number of carbonyl (C=O) groups is 2. The molecule has 0 bridgehead atoms. The second-order valence-electron chi connectivity index (χ2n) is 9.59. The van der Waals surface area contributed by atoms with E-state index >= 15 is 0 Å². The lowest BCUT2D eigenvalue weighted by Crippen LogP contribution is -2.37. The molecule has 1 heterocycles. The first-order chi connectivity index (χ1) is 18.8. The maximum Gasteiger partial charge on any atom is 0.254 e. The zero-order valence-electron chi connectivity index (χ0n) is 21.8. The van der Waals surface area contributed by atoms with E-state index in [9.17, 15) is 18.4 Å². The summed E-state index contributed by atoms with van der Waals surface area (Å²) >= 11 is 0. The highest BCUT2D eigenvalue weighted by Crippen LogP contribution is 2.47. The van der Waals surface area contributed by atoms with Gasteiger partial charge in [-0.25, -0.2) is 8.78 Å². The third-order valence-corrected chi connectivity index (χ3v) is 7.29. The number of nitrogens with one attached hydrogen (secondary N) is 2. The molecule has 200 valence electrons. The van der Waals surface area contributed by atoms with Gasteiger partial charge in [-0.05, 0) is 54.7 Å². The van der Waals surface area contributed by atoms with Crippen LogP contribution in [0.25, 0.3) is 0 Å². The molecule has 8 heteroatoms. The van der Waals surface area contributed by atoms with Gasteiger partial charge >= 0.3 is 0 Å². The summed E-state index contributed by atoms with van der Waals surface area (Å²) in [7, 11) is 3.02. The van der Waals surface area contributed by atoms with Gasteiger partial charge in [0.15, 0.2) is 17.3 Å². The Hall–Kier alpha value is -4.46. The predicted octanol–water partition coefficient (Wildman–Crippen LogP) is 5.98. The van der Waals surface area contributed by atoms with Crippen molar-refractivity contribution in [3.05, 3.63) is 112 Å². The summed E-state index contributed by atoms with van der Waals surface area (Å²) in [5, 5.41) is 5.68. The molecule has 39 heavy (non-hydrogen) atoms. The standard InChI is InChI=1S/C31H28F2N2O4/c1-17-27(31(37)35-30-21(32)10-7-11-22(30)33)28(19-12-13-25(38-2)26(16-19)39-3)29-23(34-17)14-20(15-24(29)36)18-8-5-4-6-9-18/h4-13,16,20,28,34H,14-15H2,1-3H3,(H,35,37)/t20-,28-/m1/s1. The number of carbonyl (C=O) groups excluding carboxylic acids is 2. The largest absolute Gasteiger partial charge is 0.493 e. The number of dihydropyridines is 1. The summed E-state index contributed by atoms with van der Waals surface area (Å²) in [6.07, 6.45) is 0.841. The zero-order chi connectivity index (χ0) is 27.7. The molecule has 0 saturated carbocycles. The van der Waals surface area contributed by atoms with Gasteiger partial charge in [0.25, 0.3) is 5.91 Å². The summed E-state index contributed by atoms with van der Waals surface area (Å²) in [5.74, 6) is -2.51. The summed E-state index contributed by atoms with van der Waals surface area (Å²) in [4.78, 5) is 27.5. The molecule has 0 aromatic heterocycles.